The minimum Gasteiger partial charge on any atom is -0.375 e. The lowest BCUT2D eigenvalue weighted by Gasteiger charge is -2.40. The minimum absolute atomic E-state index is 0.129. The van der Waals surface area contributed by atoms with Gasteiger partial charge in [0.05, 0.1) is 5.60 Å². The van der Waals surface area contributed by atoms with E-state index in [1.165, 1.54) is 36.8 Å². The quantitative estimate of drug-likeness (QED) is 0.888. The molecule has 1 aliphatic heterocycles. The Labute approximate surface area is 115 Å². The lowest BCUT2D eigenvalue weighted by molar-refractivity contribution is -0.0964. The molecule has 3 rings (SSSR count). The molecule has 19 heavy (non-hydrogen) atoms. The molecule has 1 saturated heterocycles. The van der Waals surface area contributed by atoms with E-state index in [2.05, 4.69) is 18.0 Å². The van der Waals surface area contributed by atoms with Gasteiger partial charge in [-0.3, -0.25) is 4.98 Å². The number of aryl methyl sites for hydroxylation is 1. The summed E-state index contributed by atoms with van der Waals surface area (Å²) in [6.07, 6.45) is 11.1. The SMILES string of the molecule is Cc1cnccc1C(N)C1CCOC2(CCCC2)C1. The van der Waals surface area contributed by atoms with Gasteiger partial charge in [-0.25, -0.2) is 0 Å². The first-order valence-electron chi connectivity index (χ1n) is 7.50. The third-order valence-corrected chi connectivity index (χ3v) is 4.98. The fourth-order valence-electron chi connectivity index (χ4n) is 3.85. The van der Waals surface area contributed by atoms with E-state index in [0.29, 0.717) is 5.92 Å². The first kappa shape index (κ1) is 13.1. The molecule has 2 fully saturated rings. The largest absolute Gasteiger partial charge is 0.375 e. The Hall–Kier alpha value is -0.930. The second-order valence-electron chi connectivity index (χ2n) is 6.25. The van der Waals surface area contributed by atoms with Crippen LogP contribution in [0.25, 0.3) is 0 Å². The molecule has 1 spiro atoms. The van der Waals surface area contributed by atoms with Crippen LogP contribution in [0, 0.1) is 12.8 Å². The van der Waals surface area contributed by atoms with Gasteiger partial charge in [-0.2, -0.15) is 0 Å². The van der Waals surface area contributed by atoms with Gasteiger partial charge in [0.15, 0.2) is 0 Å². The molecule has 104 valence electrons. The Bertz CT molecular complexity index is 440. The van der Waals surface area contributed by atoms with Crippen LogP contribution in [0.2, 0.25) is 0 Å². The number of aromatic nitrogens is 1. The third-order valence-electron chi connectivity index (χ3n) is 4.98. The van der Waals surface area contributed by atoms with Crippen LogP contribution < -0.4 is 5.73 Å². The fourth-order valence-corrected chi connectivity index (χ4v) is 3.85. The first-order chi connectivity index (χ1) is 9.20. The predicted molar refractivity (Wildman–Crippen MR) is 75.8 cm³/mol. The number of ether oxygens (including phenoxy) is 1. The van der Waals surface area contributed by atoms with E-state index in [1.54, 1.807) is 0 Å². The van der Waals surface area contributed by atoms with Crippen LogP contribution >= 0.6 is 0 Å². The van der Waals surface area contributed by atoms with E-state index in [9.17, 15) is 0 Å². The van der Waals surface area contributed by atoms with E-state index < -0.39 is 0 Å². The smallest absolute Gasteiger partial charge is 0.0685 e. The summed E-state index contributed by atoms with van der Waals surface area (Å²) in [4.78, 5) is 4.16. The third kappa shape index (κ3) is 2.54. The minimum atomic E-state index is 0.129. The van der Waals surface area contributed by atoms with Crippen LogP contribution in [0.15, 0.2) is 18.5 Å². The van der Waals surface area contributed by atoms with Crippen molar-refractivity contribution >= 4 is 0 Å². The molecule has 2 aliphatic rings. The van der Waals surface area contributed by atoms with E-state index in [1.807, 2.05) is 12.4 Å². The van der Waals surface area contributed by atoms with Gasteiger partial charge in [0.2, 0.25) is 0 Å². The second-order valence-corrected chi connectivity index (χ2v) is 6.25. The summed E-state index contributed by atoms with van der Waals surface area (Å²) in [6.45, 7) is 2.98. The summed E-state index contributed by atoms with van der Waals surface area (Å²) < 4.78 is 6.11. The highest BCUT2D eigenvalue weighted by Gasteiger charge is 2.41. The monoisotopic (exact) mass is 260 g/mol. The fraction of sp³-hybridized carbons (Fsp3) is 0.688. The Kier molecular flexibility index (Phi) is 3.59. The van der Waals surface area contributed by atoms with Gasteiger partial charge < -0.3 is 10.5 Å². The van der Waals surface area contributed by atoms with Gasteiger partial charge >= 0.3 is 0 Å². The Morgan fingerprint density at radius 1 is 1.42 bits per heavy atom. The number of nitrogens with two attached hydrogens (primary N) is 1. The van der Waals surface area contributed by atoms with Gasteiger partial charge in [0.25, 0.3) is 0 Å². The molecule has 1 saturated carbocycles. The number of hydrogen-bond donors (Lipinski definition) is 1. The highest BCUT2D eigenvalue weighted by atomic mass is 16.5. The van der Waals surface area contributed by atoms with Gasteiger partial charge in [-0.05, 0) is 55.7 Å². The molecule has 0 amide bonds. The molecule has 0 bridgehead atoms. The van der Waals surface area contributed by atoms with Crippen LogP contribution in [0.3, 0.4) is 0 Å². The number of hydrogen-bond acceptors (Lipinski definition) is 3. The summed E-state index contributed by atoms with van der Waals surface area (Å²) in [7, 11) is 0. The topological polar surface area (TPSA) is 48.1 Å². The summed E-state index contributed by atoms with van der Waals surface area (Å²) in [5.74, 6) is 0.549. The molecule has 1 aromatic rings. The number of pyridine rings is 1. The summed E-state index contributed by atoms with van der Waals surface area (Å²) in [5, 5.41) is 0. The average molecular weight is 260 g/mol. The second kappa shape index (κ2) is 5.22. The van der Waals surface area contributed by atoms with E-state index in [0.717, 1.165) is 19.4 Å². The Morgan fingerprint density at radius 2 is 2.21 bits per heavy atom. The molecular formula is C16H24N2O. The van der Waals surface area contributed by atoms with Crippen molar-refractivity contribution in [2.24, 2.45) is 11.7 Å². The normalized spacial score (nSPS) is 27.6. The van der Waals surface area contributed by atoms with E-state index in [4.69, 9.17) is 10.5 Å². The molecule has 0 aromatic carbocycles. The van der Waals surface area contributed by atoms with Gasteiger partial charge in [0.1, 0.15) is 0 Å². The number of nitrogens with zero attached hydrogens (tertiary/aromatic N) is 1. The van der Waals surface area contributed by atoms with Crippen molar-refractivity contribution in [1.82, 2.24) is 4.98 Å². The highest BCUT2D eigenvalue weighted by molar-refractivity contribution is 5.25. The van der Waals surface area contributed by atoms with Crippen molar-refractivity contribution < 1.29 is 4.74 Å². The van der Waals surface area contributed by atoms with Crippen LogP contribution in [0.4, 0.5) is 0 Å². The molecule has 3 heteroatoms. The van der Waals surface area contributed by atoms with Crippen molar-refractivity contribution in [3.8, 4) is 0 Å². The highest BCUT2D eigenvalue weighted by Crippen LogP contribution is 2.44. The molecule has 2 heterocycles. The zero-order valence-electron chi connectivity index (χ0n) is 11.8. The molecule has 2 N–H and O–H groups in total. The standard InChI is InChI=1S/C16H24N2O/c1-12-11-18-8-4-14(12)15(17)13-5-9-19-16(10-13)6-2-3-7-16/h4,8,11,13,15H,2-3,5-7,9-10,17H2,1H3. The first-order valence-corrected chi connectivity index (χ1v) is 7.50. The zero-order valence-corrected chi connectivity index (χ0v) is 11.8. The van der Waals surface area contributed by atoms with Gasteiger partial charge in [0, 0.05) is 25.0 Å². The predicted octanol–water partition coefficient (Wildman–Crippen LogP) is 3.13. The van der Waals surface area contributed by atoms with Crippen molar-refractivity contribution in [3.63, 3.8) is 0 Å². The lowest BCUT2D eigenvalue weighted by Crippen LogP contribution is -2.40. The molecule has 1 aromatic heterocycles. The van der Waals surface area contributed by atoms with Crippen molar-refractivity contribution in [2.45, 2.75) is 57.1 Å². The van der Waals surface area contributed by atoms with Crippen molar-refractivity contribution in [2.75, 3.05) is 6.61 Å². The zero-order chi connectivity index (χ0) is 13.3. The van der Waals surface area contributed by atoms with Crippen LogP contribution in [0.5, 0.6) is 0 Å². The van der Waals surface area contributed by atoms with Gasteiger partial charge in [-0.15, -0.1) is 0 Å². The van der Waals surface area contributed by atoms with Crippen LogP contribution in [-0.4, -0.2) is 17.2 Å². The van der Waals surface area contributed by atoms with Crippen LogP contribution in [0.1, 0.15) is 55.7 Å². The Morgan fingerprint density at radius 3 is 2.95 bits per heavy atom. The molecule has 2 unspecified atom stereocenters. The van der Waals surface area contributed by atoms with Crippen molar-refractivity contribution in [3.05, 3.63) is 29.6 Å². The van der Waals surface area contributed by atoms with Crippen molar-refractivity contribution in [1.29, 1.82) is 0 Å². The number of rotatable bonds is 2. The van der Waals surface area contributed by atoms with E-state index >= 15 is 0 Å². The molecular weight excluding hydrogens is 236 g/mol. The molecule has 3 nitrogen and oxygen atoms in total. The van der Waals surface area contributed by atoms with Gasteiger partial charge in [-0.1, -0.05) is 12.8 Å². The molecule has 1 aliphatic carbocycles. The summed E-state index contributed by atoms with van der Waals surface area (Å²) in [6, 6.07) is 2.21. The maximum absolute atomic E-state index is 6.54. The lowest BCUT2D eigenvalue weighted by atomic mass is 9.78. The molecule has 0 radical (unpaired) electrons. The van der Waals surface area contributed by atoms with Crippen LogP contribution in [-0.2, 0) is 4.74 Å². The van der Waals surface area contributed by atoms with E-state index in [-0.39, 0.29) is 11.6 Å². The summed E-state index contributed by atoms with van der Waals surface area (Å²) in [5.41, 5.74) is 9.16. The maximum atomic E-state index is 6.54. The maximum Gasteiger partial charge on any atom is 0.0685 e. The molecule has 2 atom stereocenters. The average Bonchev–Trinajstić information content (AvgIpc) is 2.86. The Balaban J connectivity index is 1.76. The summed E-state index contributed by atoms with van der Waals surface area (Å²) >= 11 is 0.